The van der Waals surface area contributed by atoms with Crippen LogP contribution in [0.25, 0.3) is 10.9 Å². The molecule has 2 N–H and O–H groups in total. The maximum atomic E-state index is 11.3. The predicted octanol–water partition coefficient (Wildman–Crippen LogP) is 4.70. The van der Waals surface area contributed by atoms with E-state index < -0.39 is 5.97 Å². The second kappa shape index (κ2) is 7.44. The number of anilines is 2. The van der Waals surface area contributed by atoms with Crippen LogP contribution in [0.15, 0.2) is 48.5 Å². The number of hydrogen-bond donors (Lipinski definition) is 2. The van der Waals surface area contributed by atoms with Gasteiger partial charge < -0.3 is 15.2 Å². The molecule has 3 rings (SSSR count). The quantitative estimate of drug-likeness (QED) is 0.674. The van der Waals surface area contributed by atoms with Gasteiger partial charge in [0.15, 0.2) is 0 Å². The van der Waals surface area contributed by atoms with Crippen molar-refractivity contribution in [3.63, 3.8) is 0 Å². The van der Waals surface area contributed by atoms with Crippen LogP contribution >= 0.6 is 0 Å². The molecule has 0 amide bonds. The molecule has 1 aromatic heterocycles. The van der Waals surface area contributed by atoms with Crippen molar-refractivity contribution in [2.45, 2.75) is 33.3 Å². The second-order valence-electron chi connectivity index (χ2n) is 6.45. The Labute approximate surface area is 152 Å². The molecule has 1 heterocycles. The lowest BCUT2D eigenvalue weighted by Gasteiger charge is -2.17. The maximum Gasteiger partial charge on any atom is 0.307 e. The Morgan fingerprint density at radius 1 is 1.15 bits per heavy atom. The van der Waals surface area contributed by atoms with Gasteiger partial charge in [0.2, 0.25) is 0 Å². The SMILES string of the molecule is Cc1nc2ccccc2c(Nc2ccc(OC(C)C)cc2)c1CC(=O)O. The van der Waals surface area contributed by atoms with Crippen molar-refractivity contribution in [1.29, 1.82) is 0 Å². The lowest BCUT2D eigenvalue weighted by atomic mass is 10.0. The average molecular weight is 350 g/mol. The molecule has 0 aliphatic heterocycles. The normalized spacial score (nSPS) is 10.9. The van der Waals surface area contributed by atoms with Crippen LogP contribution in [-0.4, -0.2) is 22.2 Å². The summed E-state index contributed by atoms with van der Waals surface area (Å²) >= 11 is 0. The Hall–Kier alpha value is -3.08. The van der Waals surface area contributed by atoms with Gasteiger partial charge in [-0.2, -0.15) is 0 Å². The minimum Gasteiger partial charge on any atom is -0.491 e. The summed E-state index contributed by atoms with van der Waals surface area (Å²) in [5.41, 5.74) is 3.89. The van der Waals surface area contributed by atoms with Crippen molar-refractivity contribution < 1.29 is 14.6 Å². The van der Waals surface area contributed by atoms with Gasteiger partial charge in [0.25, 0.3) is 0 Å². The van der Waals surface area contributed by atoms with Crippen LogP contribution in [-0.2, 0) is 11.2 Å². The molecular formula is C21H22N2O3. The van der Waals surface area contributed by atoms with Crippen molar-refractivity contribution in [1.82, 2.24) is 4.98 Å². The summed E-state index contributed by atoms with van der Waals surface area (Å²) in [6, 6.07) is 15.4. The van der Waals surface area contributed by atoms with E-state index in [0.29, 0.717) is 11.3 Å². The smallest absolute Gasteiger partial charge is 0.307 e. The number of benzene rings is 2. The summed E-state index contributed by atoms with van der Waals surface area (Å²) < 4.78 is 5.67. The highest BCUT2D eigenvalue weighted by Crippen LogP contribution is 2.32. The van der Waals surface area contributed by atoms with E-state index >= 15 is 0 Å². The highest BCUT2D eigenvalue weighted by Gasteiger charge is 2.15. The molecule has 0 radical (unpaired) electrons. The first-order valence-corrected chi connectivity index (χ1v) is 8.58. The number of hydrogen-bond acceptors (Lipinski definition) is 4. The van der Waals surface area contributed by atoms with Crippen molar-refractivity contribution in [2.75, 3.05) is 5.32 Å². The van der Waals surface area contributed by atoms with Crippen molar-refractivity contribution in [3.05, 3.63) is 59.8 Å². The topological polar surface area (TPSA) is 71.5 Å². The van der Waals surface area contributed by atoms with Gasteiger partial charge in [0, 0.05) is 22.3 Å². The van der Waals surface area contributed by atoms with Crippen LogP contribution in [0.4, 0.5) is 11.4 Å². The molecule has 0 bridgehead atoms. The van der Waals surface area contributed by atoms with Gasteiger partial charge in [0.05, 0.1) is 23.7 Å². The van der Waals surface area contributed by atoms with E-state index in [2.05, 4.69) is 10.3 Å². The molecule has 0 aliphatic carbocycles. The van der Waals surface area contributed by atoms with Gasteiger partial charge in [-0.05, 0) is 51.1 Å². The lowest BCUT2D eigenvalue weighted by molar-refractivity contribution is -0.136. The number of nitrogens with zero attached hydrogens (tertiary/aromatic N) is 1. The van der Waals surface area contributed by atoms with E-state index in [4.69, 9.17) is 4.74 Å². The summed E-state index contributed by atoms with van der Waals surface area (Å²) in [5.74, 6) is -0.0824. The number of carboxylic acid groups (broad SMARTS) is 1. The van der Waals surface area contributed by atoms with Crippen LogP contribution in [0.3, 0.4) is 0 Å². The molecule has 2 aromatic carbocycles. The number of rotatable bonds is 6. The van der Waals surface area contributed by atoms with Crippen LogP contribution in [0, 0.1) is 6.92 Å². The largest absolute Gasteiger partial charge is 0.491 e. The molecule has 0 saturated heterocycles. The zero-order valence-corrected chi connectivity index (χ0v) is 15.1. The fourth-order valence-corrected chi connectivity index (χ4v) is 2.92. The first-order valence-electron chi connectivity index (χ1n) is 8.58. The first-order chi connectivity index (χ1) is 12.4. The number of para-hydroxylation sites is 1. The molecule has 0 fully saturated rings. The molecule has 0 unspecified atom stereocenters. The zero-order chi connectivity index (χ0) is 18.7. The van der Waals surface area contributed by atoms with E-state index in [9.17, 15) is 9.90 Å². The molecule has 134 valence electrons. The number of carbonyl (C=O) groups is 1. The minimum absolute atomic E-state index is 0.0828. The van der Waals surface area contributed by atoms with Gasteiger partial charge in [0.1, 0.15) is 5.75 Å². The summed E-state index contributed by atoms with van der Waals surface area (Å²) in [5, 5.41) is 13.6. The molecule has 26 heavy (non-hydrogen) atoms. The monoisotopic (exact) mass is 350 g/mol. The van der Waals surface area contributed by atoms with Crippen LogP contribution < -0.4 is 10.1 Å². The highest BCUT2D eigenvalue weighted by molar-refractivity contribution is 5.96. The Balaban J connectivity index is 2.03. The van der Waals surface area contributed by atoms with Gasteiger partial charge in [-0.3, -0.25) is 9.78 Å². The number of ether oxygens (including phenoxy) is 1. The van der Waals surface area contributed by atoms with E-state index in [1.54, 1.807) is 0 Å². The summed E-state index contributed by atoms with van der Waals surface area (Å²) in [4.78, 5) is 15.9. The number of carboxylic acids is 1. The standard InChI is InChI=1S/C21H22N2O3/c1-13(2)26-16-10-8-15(9-11-16)23-21-17-6-4-5-7-19(17)22-14(3)18(21)12-20(24)25/h4-11,13H,12H2,1-3H3,(H,22,23)(H,24,25). The second-order valence-corrected chi connectivity index (χ2v) is 6.45. The fourth-order valence-electron chi connectivity index (χ4n) is 2.92. The fraction of sp³-hybridized carbons (Fsp3) is 0.238. The van der Waals surface area contributed by atoms with E-state index in [1.807, 2.05) is 69.3 Å². The maximum absolute atomic E-state index is 11.3. The Morgan fingerprint density at radius 2 is 1.85 bits per heavy atom. The lowest BCUT2D eigenvalue weighted by Crippen LogP contribution is -2.08. The molecule has 3 aromatic rings. The van der Waals surface area contributed by atoms with Crippen molar-refractivity contribution >= 4 is 28.2 Å². The van der Waals surface area contributed by atoms with Gasteiger partial charge in [-0.25, -0.2) is 0 Å². The van der Waals surface area contributed by atoms with E-state index in [1.165, 1.54) is 0 Å². The number of aryl methyl sites for hydroxylation is 1. The number of nitrogens with one attached hydrogen (secondary N) is 1. The molecule has 0 spiro atoms. The van der Waals surface area contributed by atoms with Gasteiger partial charge in [-0.1, -0.05) is 18.2 Å². The Bertz CT molecular complexity index is 934. The van der Waals surface area contributed by atoms with Crippen molar-refractivity contribution in [2.24, 2.45) is 0 Å². The number of fused-ring (bicyclic) bond motifs is 1. The zero-order valence-electron chi connectivity index (χ0n) is 15.1. The third-order valence-corrected chi connectivity index (χ3v) is 4.02. The third kappa shape index (κ3) is 3.94. The van der Waals surface area contributed by atoms with Crippen LogP contribution in [0.2, 0.25) is 0 Å². The summed E-state index contributed by atoms with van der Waals surface area (Å²) in [7, 11) is 0. The minimum atomic E-state index is -0.881. The summed E-state index contributed by atoms with van der Waals surface area (Å²) in [6.45, 7) is 5.81. The van der Waals surface area contributed by atoms with Crippen LogP contribution in [0.5, 0.6) is 5.75 Å². The number of aliphatic carboxylic acids is 1. The molecule has 0 aliphatic rings. The predicted molar refractivity (Wildman–Crippen MR) is 103 cm³/mol. The average Bonchev–Trinajstić information content (AvgIpc) is 2.58. The Kier molecular flexibility index (Phi) is 5.07. The molecule has 5 heteroatoms. The van der Waals surface area contributed by atoms with Gasteiger partial charge >= 0.3 is 5.97 Å². The Morgan fingerprint density at radius 3 is 2.50 bits per heavy atom. The summed E-state index contributed by atoms with van der Waals surface area (Å²) in [6.07, 6.45) is 0.0309. The molecule has 5 nitrogen and oxygen atoms in total. The first kappa shape index (κ1) is 17.7. The van der Waals surface area contributed by atoms with Crippen LogP contribution in [0.1, 0.15) is 25.1 Å². The molecule has 0 saturated carbocycles. The molecular weight excluding hydrogens is 328 g/mol. The molecule has 0 atom stereocenters. The number of pyridine rings is 1. The van der Waals surface area contributed by atoms with E-state index in [-0.39, 0.29) is 12.5 Å². The van der Waals surface area contributed by atoms with Crippen molar-refractivity contribution in [3.8, 4) is 5.75 Å². The number of aromatic nitrogens is 1. The van der Waals surface area contributed by atoms with Gasteiger partial charge in [-0.15, -0.1) is 0 Å². The third-order valence-electron chi connectivity index (χ3n) is 4.02. The van der Waals surface area contributed by atoms with E-state index in [0.717, 1.165) is 28.0 Å². The highest BCUT2D eigenvalue weighted by atomic mass is 16.5.